The Hall–Kier alpha value is -1.14. The van der Waals surface area contributed by atoms with Gasteiger partial charge in [-0.25, -0.2) is 0 Å². The molecular weight excluding hydrogens is 332 g/mol. The van der Waals surface area contributed by atoms with Crippen molar-refractivity contribution in [2.75, 3.05) is 26.4 Å². The highest BCUT2D eigenvalue weighted by Crippen LogP contribution is 2.53. The molecule has 0 atom stereocenters. The highest BCUT2D eigenvalue weighted by atomic mass is 16.5. The van der Waals surface area contributed by atoms with E-state index in [1.54, 1.807) is 0 Å². The normalized spacial score (nSPS) is 23.2. The van der Waals surface area contributed by atoms with Crippen molar-refractivity contribution in [3.8, 4) is 0 Å². The van der Waals surface area contributed by atoms with Crippen LogP contribution in [0.5, 0.6) is 0 Å². The first-order valence-corrected chi connectivity index (χ1v) is 9.92. The van der Waals surface area contributed by atoms with Crippen LogP contribution < -0.4 is 10.6 Å². The number of amides is 2. The molecule has 0 bridgehead atoms. The molecule has 0 saturated heterocycles. The molecule has 1 aliphatic rings. The zero-order valence-corrected chi connectivity index (χ0v) is 17.4. The molecule has 1 rings (SSSR count). The van der Waals surface area contributed by atoms with Crippen molar-refractivity contribution in [3.05, 3.63) is 0 Å². The molecule has 26 heavy (non-hydrogen) atoms. The van der Waals surface area contributed by atoms with Crippen molar-refractivity contribution >= 4 is 11.8 Å². The van der Waals surface area contributed by atoms with Crippen LogP contribution >= 0.6 is 0 Å². The van der Waals surface area contributed by atoms with Crippen molar-refractivity contribution in [2.24, 2.45) is 10.8 Å². The molecular formula is C20H38N2O4. The fourth-order valence-electron chi connectivity index (χ4n) is 4.32. The molecule has 6 heteroatoms. The maximum Gasteiger partial charge on any atom is 0.220 e. The standard InChI is InChI=1S/C20H38N2O4/c1-7-25-13-9-11-15(23)21-17-19(3,4)18(20(17,5)6)22-16(24)12-10-14-26-8-2/h17-18H,7-14H2,1-6H3,(H,21,23)(H,22,24). The number of ether oxygens (including phenoxy) is 2. The lowest BCUT2D eigenvalue weighted by molar-refractivity contribution is -0.142. The van der Waals surface area contributed by atoms with E-state index in [-0.39, 0.29) is 34.7 Å². The van der Waals surface area contributed by atoms with Gasteiger partial charge in [0.15, 0.2) is 0 Å². The Morgan fingerprint density at radius 2 is 1.12 bits per heavy atom. The summed E-state index contributed by atoms with van der Waals surface area (Å²) in [6.07, 6.45) is 2.40. The first-order valence-electron chi connectivity index (χ1n) is 9.92. The summed E-state index contributed by atoms with van der Waals surface area (Å²) in [6, 6.07) is 0.0617. The second-order valence-electron chi connectivity index (χ2n) is 8.24. The van der Waals surface area contributed by atoms with Gasteiger partial charge in [-0.15, -0.1) is 0 Å². The van der Waals surface area contributed by atoms with Crippen LogP contribution in [0, 0.1) is 10.8 Å². The highest BCUT2D eigenvalue weighted by Gasteiger charge is 2.62. The average molecular weight is 371 g/mol. The Morgan fingerprint density at radius 1 is 0.769 bits per heavy atom. The molecule has 6 nitrogen and oxygen atoms in total. The Bertz CT molecular complexity index is 409. The number of rotatable bonds is 12. The summed E-state index contributed by atoms with van der Waals surface area (Å²) >= 11 is 0. The molecule has 152 valence electrons. The Kier molecular flexibility index (Phi) is 9.04. The zero-order chi connectivity index (χ0) is 19.8. The lowest BCUT2D eigenvalue weighted by atomic mass is 9.48. The number of carbonyl (C=O) groups excluding carboxylic acids is 2. The van der Waals surface area contributed by atoms with Crippen LogP contribution in [-0.2, 0) is 19.1 Å². The molecule has 2 amide bonds. The summed E-state index contributed by atoms with van der Waals surface area (Å²) < 4.78 is 10.6. The van der Waals surface area contributed by atoms with E-state index in [0.29, 0.717) is 39.3 Å². The monoisotopic (exact) mass is 370 g/mol. The Balaban J connectivity index is 2.49. The van der Waals surface area contributed by atoms with Gasteiger partial charge >= 0.3 is 0 Å². The highest BCUT2D eigenvalue weighted by molar-refractivity contribution is 5.78. The lowest BCUT2D eigenvalue weighted by Gasteiger charge is -2.64. The van der Waals surface area contributed by atoms with Crippen LogP contribution in [0.1, 0.15) is 67.2 Å². The molecule has 0 heterocycles. The second kappa shape index (κ2) is 10.3. The summed E-state index contributed by atoms with van der Waals surface area (Å²) in [4.78, 5) is 24.5. The van der Waals surface area contributed by atoms with Gasteiger partial charge in [0.2, 0.25) is 11.8 Å². The van der Waals surface area contributed by atoms with Crippen LogP contribution in [0.15, 0.2) is 0 Å². The van der Waals surface area contributed by atoms with Crippen LogP contribution in [0.4, 0.5) is 0 Å². The first kappa shape index (κ1) is 22.9. The van der Waals surface area contributed by atoms with Gasteiger partial charge in [0.1, 0.15) is 0 Å². The van der Waals surface area contributed by atoms with Crippen molar-refractivity contribution in [2.45, 2.75) is 79.3 Å². The van der Waals surface area contributed by atoms with Crippen LogP contribution in [0.25, 0.3) is 0 Å². The zero-order valence-electron chi connectivity index (χ0n) is 17.4. The van der Waals surface area contributed by atoms with E-state index in [9.17, 15) is 9.59 Å². The number of hydrogen-bond donors (Lipinski definition) is 2. The van der Waals surface area contributed by atoms with Crippen molar-refractivity contribution in [1.29, 1.82) is 0 Å². The summed E-state index contributed by atoms with van der Waals surface area (Å²) in [7, 11) is 0. The van der Waals surface area contributed by atoms with Gasteiger partial charge < -0.3 is 20.1 Å². The van der Waals surface area contributed by atoms with E-state index < -0.39 is 0 Å². The first-order chi connectivity index (χ1) is 12.2. The summed E-state index contributed by atoms with van der Waals surface area (Å²) in [5.41, 5.74) is -0.372. The molecule has 0 spiro atoms. The maximum atomic E-state index is 12.2. The SMILES string of the molecule is CCOCCCC(=O)NC1C(C)(C)C(NC(=O)CCCOCC)C1(C)C. The number of carbonyl (C=O) groups is 2. The van der Waals surface area contributed by atoms with E-state index in [0.717, 1.165) is 12.8 Å². The fraction of sp³-hybridized carbons (Fsp3) is 0.900. The van der Waals surface area contributed by atoms with Gasteiger partial charge in [-0.1, -0.05) is 27.7 Å². The fourth-order valence-corrected chi connectivity index (χ4v) is 4.32. The molecule has 0 aromatic carbocycles. The van der Waals surface area contributed by atoms with Gasteiger partial charge in [0.25, 0.3) is 0 Å². The van der Waals surface area contributed by atoms with Crippen LogP contribution in [-0.4, -0.2) is 50.3 Å². The lowest BCUT2D eigenvalue weighted by Crippen LogP contribution is -2.77. The number of nitrogens with one attached hydrogen (secondary N) is 2. The molecule has 0 aromatic rings. The average Bonchev–Trinajstić information content (AvgIpc) is 2.58. The topological polar surface area (TPSA) is 76.7 Å². The minimum Gasteiger partial charge on any atom is -0.382 e. The smallest absolute Gasteiger partial charge is 0.220 e. The van der Waals surface area contributed by atoms with Crippen molar-refractivity contribution < 1.29 is 19.1 Å². The van der Waals surface area contributed by atoms with E-state index in [1.165, 1.54) is 0 Å². The van der Waals surface area contributed by atoms with Gasteiger partial charge in [0.05, 0.1) is 0 Å². The molecule has 1 saturated carbocycles. The van der Waals surface area contributed by atoms with Gasteiger partial charge in [-0.2, -0.15) is 0 Å². The van der Waals surface area contributed by atoms with Crippen LogP contribution in [0.3, 0.4) is 0 Å². The predicted octanol–water partition coefficient (Wildman–Crippen LogP) is 2.66. The molecule has 0 radical (unpaired) electrons. The second-order valence-corrected chi connectivity index (χ2v) is 8.24. The Labute approximate surface area is 158 Å². The third kappa shape index (κ3) is 5.95. The van der Waals surface area contributed by atoms with Crippen molar-refractivity contribution in [1.82, 2.24) is 10.6 Å². The van der Waals surface area contributed by atoms with Crippen LogP contribution in [0.2, 0.25) is 0 Å². The molecule has 0 aromatic heterocycles. The predicted molar refractivity (Wildman–Crippen MR) is 103 cm³/mol. The van der Waals surface area contributed by atoms with E-state index >= 15 is 0 Å². The quantitative estimate of drug-likeness (QED) is 0.518. The molecule has 2 N–H and O–H groups in total. The van der Waals surface area contributed by atoms with Gasteiger partial charge in [-0.05, 0) is 26.7 Å². The van der Waals surface area contributed by atoms with E-state index in [1.807, 2.05) is 13.8 Å². The van der Waals surface area contributed by atoms with E-state index in [4.69, 9.17) is 9.47 Å². The summed E-state index contributed by atoms with van der Waals surface area (Å²) in [6.45, 7) is 14.9. The minimum absolute atomic E-state index is 0.0309. The third-order valence-corrected chi connectivity index (χ3v) is 5.38. The largest absolute Gasteiger partial charge is 0.382 e. The maximum absolute atomic E-state index is 12.2. The molecule has 0 unspecified atom stereocenters. The minimum atomic E-state index is -0.186. The summed E-state index contributed by atoms with van der Waals surface area (Å²) in [5, 5.41) is 6.34. The molecule has 0 aliphatic heterocycles. The van der Waals surface area contributed by atoms with Crippen molar-refractivity contribution in [3.63, 3.8) is 0 Å². The summed E-state index contributed by atoms with van der Waals surface area (Å²) in [5.74, 6) is 0.106. The van der Waals surface area contributed by atoms with Gasteiger partial charge in [0, 0.05) is 62.2 Å². The Morgan fingerprint density at radius 3 is 1.42 bits per heavy atom. The third-order valence-electron chi connectivity index (χ3n) is 5.38. The van der Waals surface area contributed by atoms with Gasteiger partial charge in [-0.3, -0.25) is 9.59 Å². The number of hydrogen-bond acceptors (Lipinski definition) is 4. The molecule has 1 aliphatic carbocycles. The van der Waals surface area contributed by atoms with E-state index in [2.05, 4.69) is 38.3 Å². The molecule has 1 fully saturated rings.